The summed E-state index contributed by atoms with van der Waals surface area (Å²) in [5, 5.41) is 7.83. The van der Waals surface area contributed by atoms with Crippen LogP contribution in [0, 0.1) is 0 Å². The molecule has 1 aromatic heterocycles. The Balaban J connectivity index is 1.69. The van der Waals surface area contributed by atoms with E-state index in [2.05, 4.69) is 34.3 Å². The summed E-state index contributed by atoms with van der Waals surface area (Å²) in [6.07, 6.45) is 3.91. The topological polar surface area (TPSA) is 46.0 Å². The molecule has 0 bridgehead atoms. The molecule has 5 nitrogen and oxygen atoms in total. The minimum atomic E-state index is 0.628. The molecule has 1 aliphatic rings. The van der Waals surface area contributed by atoms with Crippen LogP contribution in [0.15, 0.2) is 6.33 Å². The molecule has 2 unspecified atom stereocenters. The van der Waals surface area contributed by atoms with Crippen LogP contribution < -0.4 is 5.32 Å². The van der Waals surface area contributed by atoms with Crippen LogP contribution in [0.4, 0.5) is 0 Å². The van der Waals surface area contributed by atoms with Gasteiger partial charge < -0.3 is 10.2 Å². The molecule has 0 radical (unpaired) electrons. The van der Waals surface area contributed by atoms with E-state index in [1.54, 1.807) is 11.0 Å². The van der Waals surface area contributed by atoms with Crippen molar-refractivity contribution in [3.63, 3.8) is 0 Å². The first-order valence-corrected chi connectivity index (χ1v) is 5.93. The van der Waals surface area contributed by atoms with E-state index >= 15 is 0 Å². The summed E-state index contributed by atoms with van der Waals surface area (Å²) < 4.78 is 1.75. The highest BCUT2D eigenvalue weighted by Gasteiger charge is 2.25. The van der Waals surface area contributed by atoms with E-state index in [1.165, 1.54) is 6.42 Å². The Bertz CT molecular complexity index is 325. The van der Waals surface area contributed by atoms with Crippen molar-refractivity contribution in [2.24, 2.45) is 7.05 Å². The fourth-order valence-electron chi connectivity index (χ4n) is 2.23. The third kappa shape index (κ3) is 2.80. The van der Waals surface area contributed by atoms with Crippen LogP contribution in [0.1, 0.15) is 19.2 Å². The molecule has 1 saturated heterocycles. The number of aromatic nitrogens is 3. The van der Waals surface area contributed by atoms with Gasteiger partial charge in [0.25, 0.3) is 0 Å². The molecule has 0 saturated carbocycles. The molecular weight excluding hydrogens is 202 g/mol. The van der Waals surface area contributed by atoms with E-state index in [4.69, 9.17) is 0 Å². The zero-order chi connectivity index (χ0) is 11.5. The highest BCUT2D eigenvalue weighted by molar-refractivity contribution is 4.87. The van der Waals surface area contributed by atoms with Crippen molar-refractivity contribution < 1.29 is 0 Å². The van der Waals surface area contributed by atoms with E-state index in [-0.39, 0.29) is 0 Å². The standard InChI is InChI=1S/C11H21N5/c1-9-6-10(7-15(9)2)12-5-4-11-13-8-16(3)14-11/h8-10,12H,4-7H2,1-3H3. The van der Waals surface area contributed by atoms with Gasteiger partial charge in [0, 0.05) is 38.6 Å². The molecular formula is C11H21N5. The quantitative estimate of drug-likeness (QED) is 0.783. The second-order valence-electron chi connectivity index (χ2n) is 4.76. The zero-order valence-corrected chi connectivity index (χ0v) is 10.3. The summed E-state index contributed by atoms with van der Waals surface area (Å²) in [7, 11) is 4.09. The van der Waals surface area contributed by atoms with E-state index in [1.807, 2.05) is 7.05 Å². The molecule has 16 heavy (non-hydrogen) atoms. The molecule has 1 aromatic rings. The Morgan fingerprint density at radius 2 is 2.31 bits per heavy atom. The fourth-order valence-corrected chi connectivity index (χ4v) is 2.23. The summed E-state index contributed by atoms with van der Waals surface area (Å²) >= 11 is 0. The number of likely N-dealkylation sites (N-methyl/N-ethyl adjacent to an activating group) is 1. The highest BCUT2D eigenvalue weighted by Crippen LogP contribution is 2.14. The van der Waals surface area contributed by atoms with Gasteiger partial charge in [0.15, 0.2) is 5.82 Å². The van der Waals surface area contributed by atoms with Gasteiger partial charge in [-0.1, -0.05) is 0 Å². The van der Waals surface area contributed by atoms with Crippen LogP contribution >= 0.6 is 0 Å². The van der Waals surface area contributed by atoms with Crippen LogP contribution in [0.5, 0.6) is 0 Å². The number of nitrogens with one attached hydrogen (secondary N) is 1. The lowest BCUT2D eigenvalue weighted by atomic mass is 10.2. The van der Waals surface area contributed by atoms with Gasteiger partial charge in [-0.2, -0.15) is 5.10 Å². The average Bonchev–Trinajstić information content (AvgIpc) is 2.75. The largest absolute Gasteiger partial charge is 0.312 e. The number of nitrogens with zero attached hydrogens (tertiary/aromatic N) is 4. The van der Waals surface area contributed by atoms with E-state index in [0.29, 0.717) is 12.1 Å². The lowest BCUT2D eigenvalue weighted by Gasteiger charge is -2.12. The average molecular weight is 223 g/mol. The second kappa shape index (κ2) is 4.93. The third-order valence-corrected chi connectivity index (χ3v) is 3.32. The first kappa shape index (κ1) is 11.5. The van der Waals surface area contributed by atoms with Gasteiger partial charge >= 0.3 is 0 Å². The molecule has 90 valence electrons. The Morgan fingerprint density at radius 3 is 2.88 bits per heavy atom. The van der Waals surface area contributed by atoms with Crippen molar-refractivity contribution >= 4 is 0 Å². The monoisotopic (exact) mass is 223 g/mol. The maximum absolute atomic E-state index is 4.26. The number of hydrogen-bond donors (Lipinski definition) is 1. The van der Waals surface area contributed by atoms with Crippen molar-refractivity contribution in [1.82, 2.24) is 25.0 Å². The summed E-state index contributed by atoms with van der Waals surface area (Å²) in [5.41, 5.74) is 0. The molecule has 0 amide bonds. The number of aryl methyl sites for hydroxylation is 1. The van der Waals surface area contributed by atoms with Gasteiger partial charge in [-0.15, -0.1) is 0 Å². The lowest BCUT2D eigenvalue weighted by Crippen LogP contribution is -2.33. The van der Waals surface area contributed by atoms with Crippen LogP contribution in [0.3, 0.4) is 0 Å². The molecule has 2 rings (SSSR count). The maximum Gasteiger partial charge on any atom is 0.151 e. The van der Waals surface area contributed by atoms with Crippen LogP contribution in [0.2, 0.25) is 0 Å². The van der Waals surface area contributed by atoms with E-state index < -0.39 is 0 Å². The third-order valence-electron chi connectivity index (χ3n) is 3.32. The molecule has 0 aromatic carbocycles. The summed E-state index contributed by atoms with van der Waals surface area (Å²) in [6, 6.07) is 1.33. The normalized spacial score (nSPS) is 26.4. The summed E-state index contributed by atoms with van der Waals surface area (Å²) in [4.78, 5) is 6.61. The molecule has 0 aliphatic carbocycles. The van der Waals surface area contributed by atoms with Crippen molar-refractivity contribution in [3.8, 4) is 0 Å². The van der Waals surface area contributed by atoms with Crippen molar-refractivity contribution in [2.75, 3.05) is 20.1 Å². The van der Waals surface area contributed by atoms with Gasteiger partial charge in [0.1, 0.15) is 6.33 Å². The first-order chi connectivity index (χ1) is 7.65. The minimum Gasteiger partial charge on any atom is -0.312 e. The molecule has 2 heterocycles. The molecule has 2 atom stereocenters. The second-order valence-corrected chi connectivity index (χ2v) is 4.76. The lowest BCUT2D eigenvalue weighted by molar-refractivity contribution is 0.327. The number of hydrogen-bond acceptors (Lipinski definition) is 4. The predicted octanol–water partition coefficient (Wildman–Crippen LogP) is 0.0398. The Morgan fingerprint density at radius 1 is 1.50 bits per heavy atom. The fraction of sp³-hybridized carbons (Fsp3) is 0.818. The summed E-state index contributed by atoms with van der Waals surface area (Å²) in [6.45, 7) is 4.40. The molecule has 1 fully saturated rings. The minimum absolute atomic E-state index is 0.628. The molecule has 1 aliphatic heterocycles. The smallest absolute Gasteiger partial charge is 0.151 e. The predicted molar refractivity (Wildman–Crippen MR) is 63.2 cm³/mol. The number of rotatable bonds is 4. The van der Waals surface area contributed by atoms with Gasteiger partial charge in [0.05, 0.1) is 0 Å². The summed E-state index contributed by atoms with van der Waals surface area (Å²) in [5.74, 6) is 0.925. The van der Waals surface area contributed by atoms with Gasteiger partial charge in [-0.05, 0) is 20.4 Å². The van der Waals surface area contributed by atoms with Crippen LogP contribution in [0.25, 0.3) is 0 Å². The maximum atomic E-state index is 4.26. The SMILES string of the molecule is CC1CC(NCCc2ncn(C)n2)CN1C. The number of likely N-dealkylation sites (tertiary alicyclic amines) is 1. The molecule has 1 N–H and O–H groups in total. The van der Waals surface area contributed by atoms with E-state index in [9.17, 15) is 0 Å². The van der Waals surface area contributed by atoms with Crippen molar-refractivity contribution in [1.29, 1.82) is 0 Å². The Labute approximate surface area is 96.8 Å². The van der Waals surface area contributed by atoms with Gasteiger partial charge in [0.2, 0.25) is 0 Å². The Kier molecular flexibility index (Phi) is 3.56. The highest BCUT2D eigenvalue weighted by atomic mass is 15.3. The van der Waals surface area contributed by atoms with Crippen LogP contribution in [-0.2, 0) is 13.5 Å². The molecule has 5 heteroatoms. The first-order valence-electron chi connectivity index (χ1n) is 5.93. The molecule has 0 spiro atoms. The van der Waals surface area contributed by atoms with Gasteiger partial charge in [-0.3, -0.25) is 4.68 Å². The van der Waals surface area contributed by atoms with Crippen molar-refractivity contribution in [3.05, 3.63) is 12.2 Å². The Hall–Kier alpha value is -0.940. The van der Waals surface area contributed by atoms with Gasteiger partial charge in [-0.25, -0.2) is 4.98 Å². The zero-order valence-electron chi connectivity index (χ0n) is 10.3. The van der Waals surface area contributed by atoms with Crippen molar-refractivity contribution in [2.45, 2.75) is 31.8 Å². The van der Waals surface area contributed by atoms with Crippen LogP contribution in [-0.4, -0.2) is 51.9 Å². The van der Waals surface area contributed by atoms with E-state index in [0.717, 1.165) is 25.3 Å².